The molecule has 2 N–H and O–H groups in total. The van der Waals surface area contributed by atoms with Crippen molar-refractivity contribution < 1.29 is 31.9 Å². The van der Waals surface area contributed by atoms with Crippen LogP contribution in [0.25, 0.3) is 10.9 Å². The van der Waals surface area contributed by atoms with Crippen LogP contribution in [0.1, 0.15) is 12.5 Å². The van der Waals surface area contributed by atoms with Gasteiger partial charge in [0.25, 0.3) is 5.91 Å². The number of rotatable bonds is 7. The van der Waals surface area contributed by atoms with E-state index in [1.165, 1.54) is 6.92 Å². The third-order valence-electron chi connectivity index (χ3n) is 3.55. The molecule has 2 aromatic rings. The summed E-state index contributed by atoms with van der Waals surface area (Å²) in [6, 6.07) is 5.50. The molecule has 0 radical (unpaired) electrons. The molecule has 1 aromatic heterocycles. The van der Waals surface area contributed by atoms with Crippen molar-refractivity contribution in [2.75, 3.05) is 6.61 Å². The molecule has 1 amide bonds. The zero-order valence-electron chi connectivity index (χ0n) is 13.2. The van der Waals surface area contributed by atoms with Gasteiger partial charge >= 0.3 is 18.3 Å². The summed E-state index contributed by atoms with van der Waals surface area (Å²) in [5.41, 5.74) is 1.29. The molecule has 0 fully saturated rings. The lowest BCUT2D eigenvalue weighted by molar-refractivity contribution is -0.172. The summed E-state index contributed by atoms with van der Waals surface area (Å²) in [7, 11) is 0. The lowest BCUT2D eigenvalue weighted by atomic mass is 10.0. The number of esters is 1. The number of hydrogen-bond acceptors (Lipinski definition) is 3. The van der Waals surface area contributed by atoms with Gasteiger partial charge in [-0.15, -0.1) is 0 Å². The Kier molecular flexibility index (Phi) is 5.66. The smallest absolute Gasteiger partial charge is 0.383 e. The average Bonchev–Trinajstić information content (AvgIpc) is 2.97. The molecule has 0 saturated heterocycles. The quantitative estimate of drug-likeness (QED) is 0.589. The first-order chi connectivity index (χ1) is 11.8. The molecule has 1 heterocycles. The van der Waals surface area contributed by atoms with Crippen LogP contribution in [0.2, 0.25) is 0 Å². The SMILES string of the molecule is CCOC(=O)[C@H](Cc1c[nH]c2ccccc12)NC(=O)C(F)(F)C(F)F. The predicted molar refractivity (Wildman–Crippen MR) is 81.5 cm³/mol. The average molecular weight is 360 g/mol. The van der Waals surface area contributed by atoms with Crippen LogP contribution < -0.4 is 5.32 Å². The molecule has 0 spiro atoms. The predicted octanol–water partition coefficient (Wildman–Crippen LogP) is 2.66. The first-order valence-electron chi connectivity index (χ1n) is 7.46. The number of aromatic nitrogens is 1. The number of carbonyl (C=O) groups excluding carboxylic acids is 2. The fourth-order valence-electron chi connectivity index (χ4n) is 2.31. The summed E-state index contributed by atoms with van der Waals surface area (Å²) < 4.78 is 55.7. The van der Waals surface area contributed by atoms with Crippen molar-refractivity contribution in [1.29, 1.82) is 0 Å². The van der Waals surface area contributed by atoms with Crippen LogP contribution >= 0.6 is 0 Å². The standard InChI is InChI=1S/C16H16F4N2O3/c1-2-25-13(23)12(22-15(24)16(19,20)14(17)18)7-9-8-21-11-6-4-3-5-10(9)11/h3-6,8,12,14,21H,2,7H2,1H3,(H,22,24)/t12-/m0/s1. The van der Waals surface area contributed by atoms with E-state index in [4.69, 9.17) is 4.74 Å². The number of benzene rings is 1. The van der Waals surface area contributed by atoms with Crippen molar-refractivity contribution in [1.82, 2.24) is 10.3 Å². The monoisotopic (exact) mass is 360 g/mol. The van der Waals surface area contributed by atoms with Crippen LogP contribution in [-0.2, 0) is 20.7 Å². The number of H-pyrrole nitrogens is 1. The van der Waals surface area contributed by atoms with E-state index in [0.29, 0.717) is 10.9 Å². The second-order valence-corrected chi connectivity index (χ2v) is 5.27. The number of halogens is 4. The van der Waals surface area contributed by atoms with Gasteiger partial charge in [0.1, 0.15) is 6.04 Å². The maximum absolute atomic E-state index is 13.2. The van der Waals surface area contributed by atoms with Gasteiger partial charge in [0.15, 0.2) is 0 Å². The van der Waals surface area contributed by atoms with Gasteiger partial charge in [-0.1, -0.05) is 18.2 Å². The summed E-state index contributed by atoms with van der Waals surface area (Å²) in [5, 5.41) is 2.38. The van der Waals surface area contributed by atoms with E-state index in [1.807, 2.05) is 0 Å². The van der Waals surface area contributed by atoms with Gasteiger partial charge in [0, 0.05) is 23.5 Å². The van der Waals surface area contributed by atoms with E-state index >= 15 is 0 Å². The Morgan fingerprint density at radius 2 is 1.96 bits per heavy atom. The highest BCUT2D eigenvalue weighted by Crippen LogP contribution is 2.24. The van der Waals surface area contributed by atoms with E-state index in [-0.39, 0.29) is 13.0 Å². The molecule has 1 atom stereocenters. The minimum absolute atomic E-state index is 0.0513. The Bertz CT molecular complexity index is 761. The summed E-state index contributed by atoms with van der Waals surface area (Å²) in [6.45, 7) is 1.45. The van der Waals surface area contributed by atoms with Crippen LogP contribution in [0, 0.1) is 0 Å². The molecule has 0 aliphatic rings. The minimum atomic E-state index is -4.90. The number of para-hydroxylation sites is 1. The molecular weight excluding hydrogens is 344 g/mol. The number of alkyl halides is 4. The number of fused-ring (bicyclic) bond motifs is 1. The van der Waals surface area contributed by atoms with Crippen molar-refractivity contribution in [3.05, 3.63) is 36.0 Å². The lowest BCUT2D eigenvalue weighted by Gasteiger charge is -2.20. The minimum Gasteiger partial charge on any atom is -0.464 e. The highest BCUT2D eigenvalue weighted by Gasteiger charge is 2.50. The highest BCUT2D eigenvalue weighted by atomic mass is 19.3. The number of carbonyl (C=O) groups is 2. The molecule has 5 nitrogen and oxygen atoms in total. The van der Waals surface area contributed by atoms with Crippen molar-refractivity contribution in [2.24, 2.45) is 0 Å². The Labute approximate surface area is 140 Å². The summed E-state index contributed by atoms with van der Waals surface area (Å²) in [6.07, 6.45) is -2.81. The van der Waals surface area contributed by atoms with Gasteiger partial charge < -0.3 is 15.0 Å². The maximum atomic E-state index is 13.2. The number of ether oxygens (including phenoxy) is 1. The van der Waals surface area contributed by atoms with E-state index in [9.17, 15) is 27.2 Å². The second-order valence-electron chi connectivity index (χ2n) is 5.27. The largest absolute Gasteiger partial charge is 0.464 e. The van der Waals surface area contributed by atoms with E-state index in [0.717, 1.165) is 5.52 Å². The van der Waals surface area contributed by atoms with E-state index in [1.54, 1.807) is 35.8 Å². The molecule has 0 bridgehead atoms. The van der Waals surface area contributed by atoms with Gasteiger partial charge in [-0.05, 0) is 18.6 Å². The number of hydrogen-bond donors (Lipinski definition) is 2. The van der Waals surface area contributed by atoms with Crippen molar-refractivity contribution in [3.8, 4) is 0 Å². The van der Waals surface area contributed by atoms with E-state index < -0.39 is 30.3 Å². The van der Waals surface area contributed by atoms with Crippen LogP contribution in [0.15, 0.2) is 30.5 Å². The molecule has 2 rings (SSSR count). The Morgan fingerprint density at radius 3 is 2.60 bits per heavy atom. The van der Waals surface area contributed by atoms with Gasteiger partial charge in [-0.2, -0.15) is 8.78 Å². The Balaban J connectivity index is 2.24. The first-order valence-corrected chi connectivity index (χ1v) is 7.46. The maximum Gasteiger partial charge on any atom is 0.383 e. The van der Waals surface area contributed by atoms with Gasteiger partial charge in [-0.3, -0.25) is 4.79 Å². The number of nitrogens with one attached hydrogen (secondary N) is 2. The van der Waals surface area contributed by atoms with Gasteiger partial charge in [0.05, 0.1) is 6.61 Å². The van der Waals surface area contributed by atoms with Crippen LogP contribution in [0.4, 0.5) is 17.6 Å². The molecule has 25 heavy (non-hydrogen) atoms. The van der Waals surface area contributed by atoms with Crippen LogP contribution in [0.5, 0.6) is 0 Å². The normalized spacial score (nSPS) is 13.0. The fraction of sp³-hybridized carbons (Fsp3) is 0.375. The van der Waals surface area contributed by atoms with Crippen molar-refractivity contribution in [3.63, 3.8) is 0 Å². The van der Waals surface area contributed by atoms with Gasteiger partial charge in [0.2, 0.25) is 0 Å². The molecule has 0 aliphatic carbocycles. The third-order valence-corrected chi connectivity index (χ3v) is 3.55. The molecule has 136 valence electrons. The number of amides is 1. The summed E-state index contributed by atoms with van der Waals surface area (Å²) in [5.74, 6) is -8.10. The lowest BCUT2D eigenvalue weighted by Crippen LogP contribution is -2.52. The van der Waals surface area contributed by atoms with Crippen molar-refractivity contribution in [2.45, 2.75) is 31.7 Å². The summed E-state index contributed by atoms with van der Waals surface area (Å²) in [4.78, 5) is 26.4. The Hall–Kier alpha value is -2.58. The molecule has 0 unspecified atom stereocenters. The molecule has 0 saturated carbocycles. The van der Waals surface area contributed by atoms with Crippen molar-refractivity contribution >= 4 is 22.8 Å². The van der Waals surface area contributed by atoms with Crippen LogP contribution in [-0.4, -0.2) is 41.9 Å². The topological polar surface area (TPSA) is 71.2 Å². The Morgan fingerprint density at radius 1 is 1.28 bits per heavy atom. The summed E-state index contributed by atoms with van der Waals surface area (Å²) >= 11 is 0. The fourth-order valence-corrected chi connectivity index (χ4v) is 2.31. The zero-order valence-corrected chi connectivity index (χ0v) is 13.2. The zero-order chi connectivity index (χ0) is 18.6. The number of aromatic amines is 1. The molecular formula is C16H16F4N2O3. The van der Waals surface area contributed by atoms with Gasteiger partial charge in [-0.25, -0.2) is 13.6 Å². The van der Waals surface area contributed by atoms with E-state index in [2.05, 4.69) is 4.98 Å². The molecule has 0 aliphatic heterocycles. The highest BCUT2D eigenvalue weighted by molar-refractivity contribution is 5.90. The second kappa shape index (κ2) is 7.54. The first kappa shape index (κ1) is 18.8. The van der Waals surface area contributed by atoms with Crippen LogP contribution in [0.3, 0.4) is 0 Å². The third kappa shape index (κ3) is 4.09. The molecule has 1 aromatic carbocycles. The molecule has 9 heteroatoms.